The number of hydrogen-bond donors (Lipinski definition) is 0. The van der Waals surface area contributed by atoms with Gasteiger partial charge in [0.2, 0.25) is 0 Å². The molecule has 3 heterocycles. The van der Waals surface area contributed by atoms with Gasteiger partial charge in [-0.15, -0.1) is 11.3 Å². The molecule has 3 nitrogen and oxygen atoms in total. The first-order chi connectivity index (χ1) is 25.8. The molecule has 0 aliphatic rings. The Morgan fingerprint density at radius 1 is 0.385 bits per heavy atom. The molecule has 0 unspecified atom stereocenters. The molecule has 0 saturated carbocycles. The van der Waals surface area contributed by atoms with E-state index in [4.69, 9.17) is 4.42 Å². The smallest absolute Gasteiger partial charge is 0.137 e. The fourth-order valence-electron chi connectivity index (χ4n) is 7.96. The summed E-state index contributed by atoms with van der Waals surface area (Å²) >= 11 is 1.84. The van der Waals surface area contributed by atoms with Gasteiger partial charge in [0.15, 0.2) is 0 Å². The quantitative estimate of drug-likeness (QED) is 0.180. The van der Waals surface area contributed by atoms with Crippen LogP contribution in [0, 0.1) is 0 Å². The van der Waals surface area contributed by atoms with E-state index in [-0.39, 0.29) is 0 Å². The second-order valence-corrected chi connectivity index (χ2v) is 14.4. The van der Waals surface area contributed by atoms with Crippen LogP contribution in [-0.4, -0.2) is 4.57 Å². The van der Waals surface area contributed by atoms with Gasteiger partial charge in [-0.05, 0) is 83.9 Å². The predicted octanol–water partition coefficient (Wildman–Crippen LogP) is 14.2. The van der Waals surface area contributed by atoms with Crippen LogP contribution in [0.3, 0.4) is 0 Å². The lowest BCUT2D eigenvalue weighted by molar-refractivity contribution is 0.669. The molecule has 0 bridgehead atoms. The van der Waals surface area contributed by atoms with Gasteiger partial charge in [0.1, 0.15) is 11.2 Å². The molecule has 0 atom stereocenters. The third kappa shape index (κ3) is 4.51. The van der Waals surface area contributed by atoms with Gasteiger partial charge in [-0.2, -0.15) is 0 Å². The van der Waals surface area contributed by atoms with Crippen LogP contribution in [0.2, 0.25) is 0 Å². The molecule has 4 heteroatoms. The van der Waals surface area contributed by atoms with Crippen LogP contribution in [0.15, 0.2) is 186 Å². The third-order valence-corrected chi connectivity index (χ3v) is 11.5. The number of nitrogens with zero attached hydrogens (tertiary/aromatic N) is 2. The summed E-state index contributed by atoms with van der Waals surface area (Å²) < 4.78 is 11.3. The minimum Gasteiger partial charge on any atom is -0.456 e. The first-order valence-electron chi connectivity index (χ1n) is 17.6. The summed E-state index contributed by atoms with van der Waals surface area (Å²) in [4.78, 5) is 2.34. The molecule has 0 fully saturated rings. The number of para-hydroxylation sites is 3. The summed E-state index contributed by atoms with van der Waals surface area (Å²) in [5.41, 5.74) is 11.0. The van der Waals surface area contributed by atoms with E-state index < -0.39 is 0 Å². The topological polar surface area (TPSA) is 21.3 Å². The number of thiophene rings is 1. The highest BCUT2D eigenvalue weighted by molar-refractivity contribution is 7.25. The van der Waals surface area contributed by atoms with Crippen molar-refractivity contribution in [3.8, 4) is 16.8 Å². The highest BCUT2D eigenvalue weighted by Gasteiger charge is 2.18. The van der Waals surface area contributed by atoms with Crippen molar-refractivity contribution in [2.75, 3.05) is 4.90 Å². The van der Waals surface area contributed by atoms with Gasteiger partial charge < -0.3 is 13.9 Å². The van der Waals surface area contributed by atoms with Gasteiger partial charge in [-0.25, -0.2) is 0 Å². The zero-order valence-corrected chi connectivity index (χ0v) is 28.8. The lowest BCUT2D eigenvalue weighted by Gasteiger charge is -2.26. The Morgan fingerprint density at radius 3 is 1.63 bits per heavy atom. The average Bonchev–Trinajstić information content (AvgIpc) is 3.87. The summed E-state index contributed by atoms with van der Waals surface area (Å²) in [5.74, 6) is 0. The molecule has 0 spiro atoms. The van der Waals surface area contributed by atoms with Crippen molar-refractivity contribution < 1.29 is 4.42 Å². The maximum Gasteiger partial charge on any atom is 0.137 e. The number of fused-ring (bicyclic) bond motifs is 9. The third-order valence-electron chi connectivity index (χ3n) is 10.4. The van der Waals surface area contributed by atoms with Crippen LogP contribution in [0.25, 0.3) is 80.7 Å². The molecule has 0 aliphatic carbocycles. The van der Waals surface area contributed by atoms with Crippen LogP contribution in [-0.2, 0) is 0 Å². The molecule has 52 heavy (non-hydrogen) atoms. The SMILES string of the molecule is c1ccc2c(c1)oc1cc(N(c3ccc(-c4ccc(-n5c6ccccc6c6ccccc65)cc4)cc3)c3ccc4c(c3)sc3ccccc34)ccc12. The van der Waals surface area contributed by atoms with E-state index in [1.54, 1.807) is 0 Å². The van der Waals surface area contributed by atoms with Crippen LogP contribution < -0.4 is 4.90 Å². The predicted molar refractivity (Wildman–Crippen MR) is 221 cm³/mol. The fourth-order valence-corrected chi connectivity index (χ4v) is 9.10. The Morgan fingerprint density at radius 2 is 0.904 bits per heavy atom. The van der Waals surface area contributed by atoms with E-state index >= 15 is 0 Å². The molecular weight excluding hydrogens is 653 g/mol. The van der Waals surface area contributed by atoms with E-state index in [0.29, 0.717) is 0 Å². The Bertz CT molecular complexity index is 2960. The Hall–Kier alpha value is -6.62. The minimum atomic E-state index is 0.881. The number of hydrogen-bond acceptors (Lipinski definition) is 3. The largest absolute Gasteiger partial charge is 0.456 e. The van der Waals surface area contributed by atoms with Crippen molar-refractivity contribution in [3.63, 3.8) is 0 Å². The van der Waals surface area contributed by atoms with Gasteiger partial charge in [0, 0.05) is 70.5 Å². The Balaban J connectivity index is 0.999. The zero-order valence-electron chi connectivity index (χ0n) is 28.0. The standard InChI is InChI=1S/C48H30N2OS/c1-5-13-43-37(9-1)38-10-2-6-14-44(38)50(43)34-23-19-32(20-24-34)31-17-21-33(22-18-31)49(35-25-27-40-39-11-3-7-15-45(39)51-46(40)29-35)36-26-28-42-41-12-4-8-16-47(41)52-48(42)30-36/h1-30H. The molecule has 0 N–H and O–H groups in total. The van der Waals surface area contributed by atoms with Crippen LogP contribution in [0.4, 0.5) is 17.1 Å². The maximum atomic E-state index is 6.36. The highest BCUT2D eigenvalue weighted by Crippen LogP contribution is 2.42. The minimum absolute atomic E-state index is 0.881. The summed E-state index contributed by atoms with van der Waals surface area (Å²) in [6.45, 7) is 0. The van der Waals surface area contributed by atoms with Gasteiger partial charge in [-0.3, -0.25) is 0 Å². The maximum absolute atomic E-state index is 6.36. The lowest BCUT2D eigenvalue weighted by atomic mass is 10.0. The van der Waals surface area contributed by atoms with Crippen molar-refractivity contribution in [2.45, 2.75) is 0 Å². The van der Waals surface area contributed by atoms with E-state index in [1.165, 1.54) is 53.1 Å². The molecule has 8 aromatic carbocycles. The first kappa shape index (κ1) is 29.1. The van der Waals surface area contributed by atoms with Crippen molar-refractivity contribution in [3.05, 3.63) is 182 Å². The molecule has 0 aliphatic heterocycles. The van der Waals surface area contributed by atoms with Gasteiger partial charge in [-0.1, -0.05) is 103 Å². The number of anilines is 3. The number of rotatable bonds is 5. The molecule has 11 aromatic rings. The fraction of sp³-hybridized carbons (Fsp3) is 0. The Kier molecular flexibility index (Phi) is 6.42. The van der Waals surface area contributed by atoms with E-state index in [9.17, 15) is 0 Å². The van der Waals surface area contributed by atoms with E-state index in [2.05, 4.69) is 179 Å². The molecule has 0 radical (unpaired) electrons. The lowest BCUT2D eigenvalue weighted by Crippen LogP contribution is -2.09. The molecule has 244 valence electrons. The van der Waals surface area contributed by atoms with Gasteiger partial charge in [0.25, 0.3) is 0 Å². The van der Waals surface area contributed by atoms with Crippen molar-refractivity contribution >= 4 is 92.3 Å². The number of aromatic nitrogens is 1. The summed E-state index contributed by atoms with van der Waals surface area (Å²) in [7, 11) is 0. The number of furan rings is 1. The zero-order chi connectivity index (χ0) is 34.2. The molecule has 0 amide bonds. The normalized spacial score (nSPS) is 11.8. The highest BCUT2D eigenvalue weighted by atomic mass is 32.1. The molecule has 11 rings (SSSR count). The van der Waals surface area contributed by atoms with Crippen molar-refractivity contribution in [1.82, 2.24) is 4.57 Å². The molecular formula is C48H30N2OS. The van der Waals surface area contributed by atoms with Crippen LogP contribution >= 0.6 is 11.3 Å². The second kappa shape index (κ2) is 11.5. The van der Waals surface area contributed by atoms with E-state index in [1.807, 2.05) is 23.5 Å². The summed E-state index contributed by atoms with van der Waals surface area (Å²) in [5, 5.41) is 7.39. The first-order valence-corrected chi connectivity index (χ1v) is 18.4. The van der Waals surface area contributed by atoms with E-state index in [0.717, 1.165) is 44.7 Å². The van der Waals surface area contributed by atoms with Crippen molar-refractivity contribution in [2.24, 2.45) is 0 Å². The van der Waals surface area contributed by atoms with Crippen molar-refractivity contribution in [1.29, 1.82) is 0 Å². The van der Waals surface area contributed by atoms with Crippen LogP contribution in [0.5, 0.6) is 0 Å². The summed E-state index contributed by atoms with van der Waals surface area (Å²) in [6, 6.07) is 65.5. The summed E-state index contributed by atoms with van der Waals surface area (Å²) in [6.07, 6.45) is 0. The van der Waals surface area contributed by atoms with Gasteiger partial charge in [0.05, 0.1) is 11.0 Å². The molecule has 3 aromatic heterocycles. The Labute approximate surface area is 303 Å². The molecule has 0 saturated heterocycles. The monoisotopic (exact) mass is 682 g/mol. The van der Waals surface area contributed by atoms with Crippen LogP contribution in [0.1, 0.15) is 0 Å². The number of benzene rings is 8. The second-order valence-electron chi connectivity index (χ2n) is 13.4. The average molecular weight is 683 g/mol. The van der Waals surface area contributed by atoms with Gasteiger partial charge >= 0.3 is 0 Å².